The SMILES string of the molecule is Cc1ccc(O[C@H](C)C(=O)N2CCN(CCc3ccncc3)CC2)cc1C. The fourth-order valence-electron chi connectivity index (χ4n) is 3.33. The molecule has 1 aliphatic heterocycles. The van der Waals surface area contributed by atoms with Crippen molar-refractivity contribution in [3.63, 3.8) is 0 Å². The van der Waals surface area contributed by atoms with Crippen molar-refractivity contribution in [2.75, 3.05) is 32.7 Å². The van der Waals surface area contributed by atoms with E-state index in [0.717, 1.165) is 44.9 Å². The third-order valence-electron chi connectivity index (χ3n) is 5.29. The Labute approximate surface area is 162 Å². The van der Waals surface area contributed by atoms with Crippen LogP contribution in [0.5, 0.6) is 5.75 Å². The van der Waals surface area contributed by atoms with Gasteiger partial charge in [0.05, 0.1) is 0 Å². The highest BCUT2D eigenvalue weighted by Gasteiger charge is 2.26. The summed E-state index contributed by atoms with van der Waals surface area (Å²) in [5.74, 6) is 0.831. The van der Waals surface area contributed by atoms with E-state index in [1.807, 2.05) is 42.4 Å². The fraction of sp³-hybridized carbons (Fsp3) is 0.455. The van der Waals surface area contributed by atoms with Crippen LogP contribution in [-0.2, 0) is 11.2 Å². The zero-order chi connectivity index (χ0) is 19.2. The van der Waals surface area contributed by atoms with Gasteiger partial charge in [0, 0.05) is 45.1 Å². The van der Waals surface area contributed by atoms with Crippen molar-refractivity contribution in [1.29, 1.82) is 0 Å². The van der Waals surface area contributed by atoms with Crippen molar-refractivity contribution < 1.29 is 9.53 Å². The van der Waals surface area contributed by atoms with Crippen molar-refractivity contribution in [3.05, 3.63) is 59.4 Å². The van der Waals surface area contributed by atoms with E-state index in [4.69, 9.17) is 4.74 Å². The molecule has 1 amide bonds. The lowest BCUT2D eigenvalue weighted by molar-refractivity contribution is -0.139. The van der Waals surface area contributed by atoms with Gasteiger partial charge in [0.1, 0.15) is 5.75 Å². The largest absolute Gasteiger partial charge is 0.481 e. The summed E-state index contributed by atoms with van der Waals surface area (Å²) in [6.07, 6.45) is 4.23. The van der Waals surface area contributed by atoms with Crippen LogP contribution in [0.1, 0.15) is 23.6 Å². The minimum Gasteiger partial charge on any atom is -0.481 e. The number of aryl methyl sites for hydroxylation is 2. The first-order valence-corrected chi connectivity index (χ1v) is 9.67. The molecule has 0 bridgehead atoms. The molecule has 0 aliphatic carbocycles. The van der Waals surface area contributed by atoms with Gasteiger partial charge in [-0.25, -0.2) is 0 Å². The van der Waals surface area contributed by atoms with Crippen LogP contribution in [0.15, 0.2) is 42.7 Å². The van der Waals surface area contributed by atoms with E-state index >= 15 is 0 Å². The molecule has 1 fully saturated rings. The molecule has 0 N–H and O–H groups in total. The zero-order valence-electron chi connectivity index (χ0n) is 16.5. The third-order valence-corrected chi connectivity index (χ3v) is 5.29. The van der Waals surface area contributed by atoms with Crippen LogP contribution in [0.3, 0.4) is 0 Å². The van der Waals surface area contributed by atoms with Crippen LogP contribution in [-0.4, -0.2) is 59.5 Å². The number of rotatable bonds is 6. The number of benzene rings is 1. The Morgan fingerprint density at radius 1 is 1.07 bits per heavy atom. The summed E-state index contributed by atoms with van der Waals surface area (Å²) in [7, 11) is 0. The maximum absolute atomic E-state index is 12.7. The van der Waals surface area contributed by atoms with E-state index in [1.165, 1.54) is 16.7 Å². The summed E-state index contributed by atoms with van der Waals surface area (Å²) in [5, 5.41) is 0. The van der Waals surface area contributed by atoms with Gasteiger partial charge >= 0.3 is 0 Å². The Morgan fingerprint density at radius 2 is 1.78 bits per heavy atom. The van der Waals surface area contributed by atoms with Crippen LogP contribution in [0.25, 0.3) is 0 Å². The number of amides is 1. The van der Waals surface area contributed by atoms with Gasteiger partial charge in [-0.2, -0.15) is 0 Å². The molecule has 2 heterocycles. The molecule has 5 heteroatoms. The molecule has 27 heavy (non-hydrogen) atoms. The quantitative estimate of drug-likeness (QED) is 0.788. The first-order chi connectivity index (χ1) is 13.0. The maximum atomic E-state index is 12.7. The lowest BCUT2D eigenvalue weighted by Gasteiger charge is -2.35. The molecule has 0 spiro atoms. The van der Waals surface area contributed by atoms with Gasteiger partial charge in [0.15, 0.2) is 6.10 Å². The number of hydrogen-bond acceptors (Lipinski definition) is 4. The Balaban J connectivity index is 1.45. The molecule has 1 aromatic carbocycles. The predicted octanol–water partition coefficient (Wildman–Crippen LogP) is 2.85. The van der Waals surface area contributed by atoms with Gasteiger partial charge in [-0.3, -0.25) is 14.7 Å². The third kappa shape index (κ3) is 5.30. The van der Waals surface area contributed by atoms with Gasteiger partial charge in [0.25, 0.3) is 5.91 Å². The standard InChI is InChI=1S/C22H29N3O2/c1-17-4-5-21(16-18(17)2)27-19(3)22(26)25-14-12-24(13-15-25)11-8-20-6-9-23-10-7-20/h4-7,9-10,16,19H,8,11-15H2,1-3H3/t19-/m1/s1. The highest BCUT2D eigenvalue weighted by Crippen LogP contribution is 2.18. The maximum Gasteiger partial charge on any atom is 0.263 e. The first-order valence-electron chi connectivity index (χ1n) is 9.67. The van der Waals surface area contributed by atoms with Gasteiger partial charge in [-0.05, 0) is 68.1 Å². The second-order valence-corrected chi connectivity index (χ2v) is 7.28. The Hall–Kier alpha value is -2.40. The lowest BCUT2D eigenvalue weighted by atomic mass is 10.1. The number of nitrogens with zero attached hydrogens (tertiary/aromatic N) is 3. The molecule has 2 aromatic rings. The number of ether oxygens (including phenoxy) is 1. The fourth-order valence-corrected chi connectivity index (χ4v) is 3.33. The van der Waals surface area contributed by atoms with E-state index in [2.05, 4.69) is 35.9 Å². The predicted molar refractivity (Wildman–Crippen MR) is 107 cm³/mol. The van der Waals surface area contributed by atoms with Crippen LogP contribution >= 0.6 is 0 Å². The molecule has 1 saturated heterocycles. The van der Waals surface area contributed by atoms with E-state index in [0.29, 0.717) is 0 Å². The van der Waals surface area contributed by atoms with Gasteiger partial charge in [0.2, 0.25) is 0 Å². The number of piperazine rings is 1. The molecule has 1 atom stereocenters. The zero-order valence-corrected chi connectivity index (χ0v) is 16.5. The number of carbonyl (C=O) groups excluding carboxylic acids is 1. The molecule has 5 nitrogen and oxygen atoms in total. The number of hydrogen-bond donors (Lipinski definition) is 0. The molecule has 1 aliphatic rings. The molecule has 0 saturated carbocycles. The first kappa shape index (κ1) is 19.4. The smallest absolute Gasteiger partial charge is 0.263 e. The normalized spacial score (nSPS) is 16.2. The van der Waals surface area contributed by atoms with Gasteiger partial charge in [-0.1, -0.05) is 6.07 Å². The van der Waals surface area contributed by atoms with Gasteiger partial charge < -0.3 is 9.64 Å². The summed E-state index contributed by atoms with van der Waals surface area (Å²) in [6.45, 7) is 10.3. The van der Waals surface area contributed by atoms with Crippen LogP contribution in [0.4, 0.5) is 0 Å². The van der Waals surface area contributed by atoms with E-state index in [1.54, 1.807) is 0 Å². The van der Waals surface area contributed by atoms with E-state index in [9.17, 15) is 4.79 Å². The molecule has 3 rings (SSSR count). The molecule has 0 radical (unpaired) electrons. The Bertz CT molecular complexity index is 755. The van der Waals surface area contributed by atoms with Crippen LogP contribution in [0, 0.1) is 13.8 Å². The van der Waals surface area contributed by atoms with E-state index < -0.39 is 6.10 Å². The summed E-state index contributed by atoms with van der Waals surface area (Å²) in [6, 6.07) is 10.1. The lowest BCUT2D eigenvalue weighted by Crippen LogP contribution is -2.52. The Morgan fingerprint density at radius 3 is 2.44 bits per heavy atom. The summed E-state index contributed by atoms with van der Waals surface area (Å²) >= 11 is 0. The minimum absolute atomic E-state index is 0.0713. The van der Waals surface area contributed by atoms with Crippen LogP contribution in [0.2, 0.25) is 0 Å². The Kier molecular flexibility index (Phi) is 6.45. The molecule has 144 valence electrons. The number of aromatic nitrogens is 1. The molecular formula is C22H29N3O2. The highest BCUT2D eigenvalue weighted by atomic mass is 16.5. The van der Waals surface area contributed by atoms with Crippen molar-refractivity contribution in [1.82, 2.24) is 14.8 Å². The van der Waals surface area contributed by atoms with Crippen molar-refractivity contribution in [2.24, 2.45) is 0 Å². The highest BCUT2D eigenvalue weighted by molar-refractivity contribution is 5.81. The topological polar surface area (TPSA) is 45.7 Å². The van der Waals surface area contributed by atoms with E-state index in [-0.39, 0.29) is 5.91 Å². The summed E-state index contributed by atoms with van der Waals surface area (Å²) < 4.78 is 5.89. The average Bonchev–Trinajstić information content (AvgIpc) is 2.70. The minimum atomic E-state index is -0.463. The summed E-state index contributed by atoms with van der Waals surface area (Å²) in [4.78, 5) is 21.1. The number of pyridine rings is 1. The number of carbonyl (C=O) groups is 1. The molecular weight excluding hydrogens is 338 g/mol. The second kappa shape index (κ2) is 9.00. The average molecular weight is 367 g/mol. The molecule has 1 aromatic heterocycles. The van der Waals surface area contributed by atoms with Crippen LogP contribution < -0.4 is 4.74 Å². The van der Waals surface area contributed by atoms with Crippen molar-refractivity contribution in [3.8, 4) is 5.75 Å². The van der Waals surface area contributed by atoms with Crippen molar-refractivity contribution >= 4 is 5.91 Å². The summed E-state index contributed by atoms with van der Waals surface area (Å²) in [5.41, 5.74) is 3.71. The van der Waals surface area contributed by atoms with Crippen molar-refractivity contribution in [2.45, 2.75) is 33.3 Å². The second-order valence-electron chi connectivity index (χ2n) is 7.28. The molecule has 0 unspecified atom stereocenters. The van der Waals surface area contributed by atoms with Gasteiger partial charge in [-0.15, -0.1) is 0 Å². The monoisotopic (exact) mass is 367 g/mol.